The Morgan fingerprint density at radius 1 is 0.935 bits per heavy atom. The fourth-order valence-corrected chi connectivity index (χ4v) is 5.79. The Morgan fingerprint density at radius 3 is 2.39 bits per heavy atom. The van der Waals surface area contributed by atoms with E-state index in [4.69, 9.17) is 4.74 Å². The van der Waals surface area contributed by atoms with Gasteiger partial charge in [-0.05, 0) is 83.7 Å². The first-order valence-corrected chi connectivity index (χ1v) is 11.6. The van der Waals surface area contributed by atoms with Crippen LogP contribution in [0.1, 0.15) is 66.9 Å². The van der Waals surface area contributed by atoms with E-state index in [9.17, 15) is 5.11 Å². The van der Waals surface area contributed by atoms with E-state index in [1.165, 1.54) is 29.5 Å². The van der Waals surface area contributed by atoms with Gasteiger partial charge in [0.25, 0.3) is 0 Å². The minimum absolute atomic E-state index is 0.330. The van der Waals surface area contributed by atoms with Gasteiger partial charge in [-0.3, -0.25) is 0 Å². The molecule has 160 valence electrons. The topological polar surface area (TPSA) is 29.5 Å². The van der Waals surface area contributed by atoms with Gasteiger partial charge in [-0.15, -0.1) is 0 Å². The van der Waals surface area contributed by atoms with Gasteiger partial charge in [0.1, 0.15) is 12.4 Å². The Kier molecular flexibility index (Phi) is 5.58. The van der Waals surface area contributed by atoms with E-state index in [0.717, 1.165) is 30.6 Å². The van der Waals surface area contributed by atoms with E-state index >= 15 is 0 Å². The monoisotopic (exact) mass is 412 g/mol. The lowest BCUT2D eigenvalue weighted by atomic mass is 9.54. The van der Waals surface area contributed by atoms with Gasteiger partial charge >= 0.3 is 0 Å². The predicted molar refractivity (Wildman–Crippen MR) is 125 cm³/mol. The fourth-order valence-electron chi connectivity index (χ4n) is 5.79. The number of hydrogen-bond acceptors (Lipinski definition) is 2. The predicted octanol–water partition coefficient (Wildman–Crippen LogP) is 6.84. The lowest BCUT2D eigenvalue weighted by Crippen LogP contribution is -2.40. The summed E-state index contributed by atoms with van der Waals surface area (Å²) in [6.07, 6.45) is 5.12. The minimum Gasteiger partial charge on any atom is -0.489 e. The molecule has 2 heteroatoms. The number of aliphatic hydroxyl groups is 1. The Bertz CT molecular complexity index is 1010. The van der Waals surface area contributed by atoms with Crippen LogP contribution >= 0.6 is 0 Å². The SMILES string of the molecule is CC1(C2CCc3cc(OCc4ccccc4)ccc3C(O)C2)CC(c2ccccc2)C1. The van der Waals surface area contributed by atoms with Gasteiger partial charge in [-0.2, -0.15) is 0 Å². The van der Waals surface area contributed by atoms with Gasteiger partial charge < -0.3 is 9.84 Å². The van der Waals surface area contributed by atoms with Crippen molar-refractivity contribution in [1.82, 2.24) is 0 Å². The maximum absolute atomic E-state index is 11.0. The van der Waals surface area contributed by atoms with E-state index in [1.54, 1.807) is 0 Å². The minimum atomic E-state index is -0.377. The first-order valence-electron chi connectivity index (χ1n) is 11.6. The summed E-state index contributed by atoms with van der Waals surface area (Å²) < 4.78 is 6.04. The number of ether oxygens (including phenoxy) is 1. The van der Waals surface area contributed by atoms with Gasteiger partial charge in [0, 0.05) is 0 Å². The highest BCUT2D eigenvalue weighted by molar-refractivity contribution is 5.38. The van der Waals surface area contributed by atoms with Crippen molar-refractivity contribution in [2.75, 3.05) is 0 Å². The highest BCUT2D eigenvalue weighted by atomic mass is 16.5. The second-order valence-corrected chi connectivity index (χ2v) is 9.79. The largest absolute Gasteiger partial charge is 0.489 e. The summed E-state index contributed by atoms with van der Waals surface area (Å²) in [5, 5.41) is 11.0. The molecule has 2 unspecified atom stereocenters. The quantitative estimate of drug-likeness (QED) is 0.465. The third-order valence-corrected chi connectivity index (χ3v) is 7.67. The third kappa shape index (κ3) is 4.27. The molecular weight excluding hydrogens is 380 g/mol. The van der Waals surface area contributed by atoms with Crippen molar-refractivity contribution in [3.63, 3.8) is 0 Å². The molecule has 31 heavy (non-hydrogen) atoms. The van der Waals surface area contributed by atoms with Crippen molar-refractivity contribution in [3.8, 4) is 5.75 Å². The molecule has 3 aromatic carbocycles. The Morgan fingerprint density at radius 2 is 1.65 bits per heavy atom. The normalized spacial score (nSPS) is 27.6. The molecule has 0 heterocycles. The third-order valence-electron chi connectivity index (χ3n) is 7.67. The zero-order valence-electron chi connectivity index (χ0n) is 18.3. The zero-order chi connectivity index (χ0) is 21.3. The van der Waals surface area contributed by atoms with E-state index in [1.807, 2.05) is 24.3 Å². The van der Waals surface area contributed by atoms with E-state index in [0.29, 0.717) is 23.9 Å². The summed E-state index contributed by atoms with van der Waals surface area (Å²) in [4.78, 5) is 0. The summed E-state index contributed by atoms with van der Waals surface area (Å²) in [7, 11) is 0. The number of fused-ring (bicyclic) bond motifs is 1. The number of hydrogen-bond donors (Lipinski definition) is 1. The van der Waals surface area contributed by atoms with Crippen LogP contribution in [0.25, 0.3) is 0 Å². The molecule has 3 aromatic rings. The lowest BCUT2D eigenvalue weighted by Gasteiger charge is -2.51. The number of benzene rings is 3. The van der Waals surface area contributed by atoms with Crippen molar-refractivity contribution in [1.29, 1.82) is 0 Å². The van der Waals surface area contributed by atoms with Gasteiger partial charge in [-0.25, -0.2) is 0 Å². The Balaban J connectivity index is 1.25. The molecule has 0 radical (unpaired) electrons. The average Bonchev–Trinajstić information content (AvgIpc) is 2.95. The highest BCUT2D eigenvalue weighted by Crippen LogP contribution is 2.58. The summed E-state index contributed by atoms with van der Waals surface area (Å²) in [5.74, 6) is 2.13. The van der Waals surface area contributed by atoms with Crippen molar-refractivity contribution >= 4 is 0 Å². The van der Waals surface area contributed by atoms with Crippen molar-refractivity contribution < 1.29 is 9.84 Å². The molecule has 1 saturated carbocycles. The zero-order valence-corrected chi connectivity index (χ0v) is 18.3. The van der Waals surface area contributed by atoms with Crippen LogP contribution in [0.15, 0.2) is 78.9 Å². The molecule has 2 atom stereocenters. The molecule has 1 fully saturated rings. The average molecular weight is 413 g/mol. The molecule has 1 N–H and O–H groups in total. The molecule has 0 aromatic heterocycles. The smallest absolute Gasteiger partial charge is 0.120 e. The van der Waals surface area contributed by atoms with Crippen LogP contribution in [0.3, 0.4) is 0 Å². The first-order chi connectivity index (χ1) is 15.1. The van der Waals surface area contributed by atoms with Gasteiger partial charge in [-0.1, -0.05) is 73.7 Å². The van der Waals surface area contributed by atoms with Crippen LogP contribution in [-0.4, -0.2) is 5.11 Å². The Labute approximate surface area is 185 Å². The fraction of sp³-hybridized carbons (Fsp3) is 0.379. The second-order valence-electron chi connectivity index (χ2n) is 9.79. The van der Waals surface area contributed by atoms with E-state index in [-0.39, 0.29) is 6.10 Å². The van der Waals surface area contributed by atoms with Crippen molar-refractivity contribution in [2.45, 2.75) is 57.7 Å². The van der Waals surface area contributed by atoms with Crippen LogP contribution in [0.2, 0.25) is 0 Å². The molecule has 0 spiro atoms. The van der Waals surface area contributed by atoms with Crippen LogP contribution in [0.4, 0.5) is 0 Å². The molecule has 0 aliphatic heterocycles. The van der Waals surface area contributed by atoms with Crippen LogP contribution in [0, 0.1) is 11.3 Å². The molecule has 2 aliphatic rings. The first kappa shape index (κ1) is 20.3. The van der Waals surface area contributed by atoms with Gasteiger partial charge in [0.05, 0.1) is 6.10 Å². The lowest BCUT2D eigenvalue weighted by molar-refractivity contribution is 0.0111. The molecule has 2 aliphatic carbocycles. The molecule has 2 nitrogen and oxygen atoms in total. The standard InChI is InChI=1S/C29H32O2/c1-29(18-24(19-29)22-10-6-3-7-11-22)25-13-12-23-16-26(14-15-27(23)28(30)17-25)31-20-21-8-4-2-5-9-21/h2-11,14-16,24-25,28,30H,12-13,17-20H2,1H3. The van der Waals surface area contributed by atoms with E-state index < -0.39 is 0 Å². The highest BCUT2D eigenvalue weighted by Gasteiger charge is 2.47. The summed E-state index contributed by atoms with van der Waals surface area (Å²) in [5.41, 5.74) is 5.32. The molecule has 0 saturated heterocycles. The summed E-state index contributed by atoms with van der Waals surface area (Å²) >= 11 is 0. The van der Waals surface area contributed by atoms with Crippen LogP contribution < -0.4 is 4.74 Å². The van der Waals surface area contributed by atoms with Gasteiger partial charge in [0.2, 0.25) is 0 Å². The van der Waals surface area contributed by atoms with Crippen molar-refractivity contribution in [3.05, 3.63) is 101 Å². The van der Waals surface area contributed by atoms with Crippen molar-refractivity contribution in [2.24, 2.45) is 11.3 Å². The Hall–Kier alpha value is -2.58. The van der Waals surface area contributed by atoms with Crippen LogP contribution in [-0.2, 0) is 13.0 Å². The van der Waals surface area contributed by atoms with E-state index in [2.05, 4.69) is 61.5 Å². The maximum atomic E-state index is 11.0. The molecular formula is C29H32O2. The maximum Gasteiger partial charge on any atom is 0.120 e. The second kappa shape index (κ2) is 8.51. The molecule has 5 rings (SSSR count). The summed E-state index contributed by atoms with van der Waals surface area (Å²) in [6.45, 7) is 3.01. The van der Waals surface area contributed by atoms with Gasteiger partial charge in [0.15, 0.2) is 0 Å². The number of aliphatic hydroxyl groups excluding tert-OH is 1. The number of rotatable bonds is 5. The summed E-state index contributed by atoms with van der Waals surface area (Å²) in [6, 6.07) is 27.4. The molecule has 0 amide bonds. The number of aryl methyl sites for hydroxylation is 1. The van der Waals surface area contributed by atoms with Crippen LogP contribution in [0.5, 0.6) is 5.75 Å². The molecule has 0 bridgehead atoms.